The summed E-state index contributed by atoms with van der Waals surface area (Å²) in [6, 6.07) is -2.71. The Bertz CT molecular complexity index is 2120. The fraction of sp³-hybridized carbons (Fsp3) is 0.721. The zero-order valence-corrected chi connectivity index (χ0v) is 41.8. The number of aliphatic carboxylic acids is 1. The van der Waals surface area contributed by atoms with Crippen molar-refractivity contribution in [2.24, 2.45) is 4.99 Å². The topological polar surface area (TPSA) is 362 Å². The van der Waals surface area contributed by atoms with Crippen LogP contribution in [0.3, 0.4) is 0 Å². The van der Waals surface area contributed by atoms with Gasteiger partial charge in [-0.05, 0) is 6.92 Å². The van der Waals surface area contributed by atoms with Crippen LogP contribution in [0.4, 0.5) is 0 Å². The zero-order valence-electron chi connectivity index (χ0n) is 41.0. The Hall–Kier alpha value is -6.01. The molecule has 0 bridgehead atoms. The Morgan fingerprint density at radius 3 is 1.69 bits per heavy atom. The van der Waals surface area contributed by atoms with Gasteiger partial charge < -0.3 is 76.7 Å². The lowest BCUT2D eigenvalue weighted by Crippen LogP contribution is -2.69. The number of nitrogens with zero attached hydrogens (tertiary/aromatic N) is 1. The number of fused-ring (bicyclic) bond motifs is 1. The van der Waals surface area contributed by atoms with Crippen LogP contribution < -0.4 is 5.32 Å². The predicted molar refractivity (Wildman–Crippen MR) is 232 cm³/mol. The summed E-state index contributed by atoms with van der Waals surface area (Å²) < 4.78 is 80.5. The molecule has 1 amide bonds. The molecule has 72 heavy (non-hydrogen) atoms. The summed E-state index contributed by atoms with van der Waals surface area (Å²) in [4.78, 5) is 143. The highest BCUT2D eigenvalue weighted by molar-refractivity contribution is 8.14. The van der Waals surface area contributed by atoms with E-state index in [-0.39, 0.29) is 0 Å². The highest BCUT2D eigenvalue weighted by Gasteiger charge is 2.61. The van der Waals surface area contributed by atoms with E-state index in [0.29, 0.717) is 5.04 Å². The second kappa shape index (κ2) is 25.6. The number of nitrogens with one attached hydrogen (secondary N) is 1. The third-order valence-electron chi connectivity index (χ3n) is 10.6. The lowest BCUT2D eigenvalue weighted by molar-refractivity contribution is -0.339. The molecule has 2 N–H and O–H groups in total. The van der Waals surface area contributed by atoms with Crippen LogP contribution in [-0.2, 0) is 119 Å². The van der Waals surface area contributed by atoms with Gasteiger partial charge in [0.2, 0.25) is 5.91 Å². The Labute approximate surface area is 415 Å². The second-order valence-electron chi connectivity index (χ2n) is 16.6. The molecule has 3 saturated heterocycles. The molecule has 4 rings (SSSR count). The summed E-state index contributed by atoms with van der Waals surface area (Å²) in [6.45, 7) is 9.28. The molecule has 0 aromatic rings. The summed E-state index contributed by atoms with van der Waals surface area (Å²) in [6.07, 6.45) is -21.5. The molecule has 402 valence electrons. The van der Waals surface area contributed by atoms with Gasteiger partial charge in [-0.1, -0.05) is 11.8 Å². The first-order valence-electron chi connectivity index (χ1n) is 22.1. The molecule has 0 spiro atoms. The molecule has 28 nitrogen and oxygen atoms in total. The number of carbonyl (C=O) groups is 11. The van der Waals surface area contributed by atoms with Gasteiger partial charge in [-0.2, -0.15) is 0 Å². The third-order valence-corrected chi connectivity index (χ3v) is 11.6. The molecule has 0 unspecified atom stereocenters. The molecule has 4 aliphatic heterocycles. The van der Waals surface area contributed by atoms with Gasteiger partial charge >= 0.3 is 59.7 Å². The minimum absolute atomic E-state index is 0.407. The van der Waals surface area contributed by atoms with Crippen LogP contribution in [-0.4, -0.2) is 192 Å². The van der Waals surface area contributed by atoms with Crippen LogP contribution in [0.15, 0.2) is 4.99 Å². The van der Waals surface area contributed by atoms with E-state index in [1.807, 2.05) is 0 Å². The molecule has 4 heterocycles. The molecule has 4 aliphatic rings. The SMILES string of the molecule is CC(=O)N[C@H]1[C@H]([C@H](OC(C)=O)[C@@H](COC(C)=O)OC(C)=O)O[C@@](OC[C@H]2O[C@@H]3SC(C)=N[C@@H]3[C@@H](O[C@@H]3O[C@H](COC(C)=O)[C@H](OC(C)=O)[C@H](OC(C)=O)[C@H]3OC(C)=O)[C@H]2OC(C)=O)(C(=O)O)C[C@@H]1OC(C)=O. The van der Waals surface area contributed by atoms with Gasteiger partial charge in [0.1, 0.15) is 55.2 Å². The van der Waals surface area contributed by atoms with Gasteiger partial charge in [0.15, 0.2) is 42.9 Å². The molecule has 16 atom stereocenters. The largest absolute Gasteiger partial charge is 0.477 e. The van der Waals surface area contributed by atoms with Crippen LogP contribution in [0.2, 0.25) is 0 Å². The maximum atomic E-state index is 13.7. The molecule has 0 radical (unpaired) electrons. The highest BCUT2D eigenvalue weighted by Crippen LogP contribution is 2.43. The average molecular weight is 1050 g/mol. The zero-order chi connectivity index (χ0) is 53.9. The van der Waals surface area contributed by atoms with Crippen LogP contribution in [0, 0.1) is 0 Å². The summed E-state index contributed by atoms with van der Waals surface area (Å²) in [5, 5.41) is 13.9. The molecular formula is C43H58N2O26S. The van der Waals surface area contributed by atoms with Crippen molar-refractivity contribution < 1.29 is 124 Å². The van der Waals surface area contributed by atoms with Crippen molar-refractivity contribution in [2.75, 3.05) is 19.8 Å². The number of esters is 9. The molecule has 0 aliphatic carbocycles. The summed E-state index contributed by atoms with van der Waals surface area (Å²) in [7, 11) is 0. The lowest BCUT2D eigenvalue weighted by atomic mass is 9.88. The number of carbonyl (C=O) groups excluding carboxylic acids is 10. The maximum absolute atomic E-state index is 13.7. The first-order chi connectivity index (χ1) is 33.6. The highest BCUT2D eigenvalue weighted by atomic mass is 32.2. The smallest absolute Gasteiger partial charge is 0.364 e. The maximum Gasteiger partial charge on any atom is 0.364 e. The average Bonchev–Trinajstić information content (AvgIpc) is 3.62. The first-order valence-corrected chi connectivity index (χ1v) is 23.0. The van der Waals surface area contributed by atoms with Gasteiger partial charge in [0.05, 0.1) is 24.1 Å². The summed E-state index contributed by atoms with van der Waals surface area (Å²) in [5.74, 6) is -14.2. The monoisotopic (exact) mass is 1050 g/mol. The van der Waals surface area contributed by atoms with Crippen molar-refractivity contribution in [2.45, 2.75) is 179 Å². The van der Waals surface area contributed by atoms with Crippen molar-refractivity contribution in [3.63, 3.8) is 0 Å². The van der Waals surface area contributed by atoms with Crippen LogP contribution in [0.5, 0.6) is 0 Å². The number of amides is 1. The predicted octanol–water partition coefficient (Wildman–Crippen LogP) is -0.906. The van der Waals surface area contributed by atoms with Gasteiger partial charge in [-0.3, -0.25) is 52.9 Å². The van der Waals surface area contributed by atoms with Crippen molar-refractivity contribution in [1.29, 1.82) is 0 Å². The number of hydrogen-bond acceptors (Lipinski definition) is 27. The van der Waals surface area contributed by atoms with Gasteiger partial charge in [-0.15, -0.1) is 0 Å². The van der Waals surface area contributed by atoms with E-state index in [2.05, 4.69) is 10.3 Å². The van der Waals surface area contributed by atoms with Gasteiger partial charge in [0.25, 0.3) is 5.79 Å². The second-order valence-corrected chi connectivity index (χ2v) is 17.9. The summed E-state index contributed by atoms with van der Waals surface area (Å²) in [5.41, 5.74) is -1.04. The number of rotatable bonds is 20. The number of hydrogen-bond donors (Lipinski definition) is 2. The summed E-state index contributed by atoms with van der Waals surface area (Å²) >= 11 is 1.05. The van der Waals surface area contributed by atoms with E-state index >= 15 is 0 Å². The van der Waals surface area contributed by atoms with Crippen LogP contribution >= 0.6 is 11.8 Å². The van der Waals surface area contributed by atoms with Crippen LogP contribution in [0.1, 0.15) is 82.6 Å². The number of ether oxygens (including phenoxy) is 14. The minimum atomic E-state index is -2.99. The third kappa shape index (κ3) is 16.0. The Kier molecular flexibility index (Phi) is 20.8. The minimum Gasteiger partial charge on any atom is -0.477 e. The van der Waals surface area contributed by atoms with Crippen LogP contribution in [0.25, 0.3) is 0 Å². The Morgan fingerprint density at radius 2 is 1.18 bits per heavy atom. The normalized spacial score (nSPS) is 31.5. The van der Waals surface area contributed by atoms with E-state index in [1.54, 1.807) is 6.92 Å². The molecule has 0 saturated carbocycles. The van der Waals surface area contributed by atoms with E-state index in [1.165, 1.54) is 0 Å². The van der Waals surface area contributed by atoms with Crippen molar-refractivity contribution >= 4 is 82.4 Å². The molecule has 0 aromatic carbocycles. The Morgan fingerprint density at radius 1 is 0.653 bits per heavy atom. The fourth-order valence-corrected chi connectivity index (χ4v) is 9.30. The standard InChI is InChI=1S/C43H58N2O26S/c1-16(46)44-31-27(61-20(5)49)12-43(42(56)57,71-37(31)34(64-23(8)52)28(62-21(6)50)13-58-18(3)47)60-15-30-33(63-22(7)51)36(32-41(69-30)72-17(2)45-32)70-40-39(67-26(11)55)38(66-25(10)54)35(65-24(9)53)29(68-40)14-59-19(4)48/h27-41H,12-15H2,1-11H3,(H,44,46)(H,56,57)/t27-,28+,29+,30+,31+,32+,33-,34+,35-,36+,37+,38-,39+,40-,41+,43+/m0/s1. The van der Waals surface area contributed by atoms with Crippen molar-refractivity contribution in [1.82, 2.24) is 5.32 Å². The first kappa shape index (κ1) is 58.6. The number of carboxylic acid groups (broad SMARTS) is 1. The van der Waals surface area contributed by atoms with E-state index in [4.69, 9.17) is 66.3 Å². The lowest BCUT2D eigenvalue weighted by Gasteiger charge is -2.49. The molecule has 29 heteroatoms. The fourth-order valence-electron chi connectivity index (χ4n) is 8.23. The Balaban J connectivity index is 1.87. The van der Waals surface area contributed by atoms with Crippen molar-refractivity contribution in [3.05, 3.63) is 0 Å². The van der Waals surface area contributed by atoms with E-state index < -0.39 is 189 Å². The van der Waals surface area contributed by atoms with Gasteiger partial charge in [-0.25, -0.2) is 4.79 Å². The van der Waals surface area contributed by atoms with Crippen molar-refractivity contribution in [3.8, 4) is 0 Å². The number of carboxylic acids is 1. The quantitative estimate of drug-likeness (QED) is 0.110. The number of aliphatic imine (C=N–C) groups is 1. The number of thioether (sulfide) groups is 1. The van der Waals surface area contributed by atoms with E-state index in [9.17, 15) is 57.8 Å². The van der Waals surface area contributed by atoms with Gasteiger partial charge in [0, 0.05) is 69.2 Å². The molecule has 0 aromatic heterocycles. The van der Waals surface area contributed by atoms with E-state index in [0.717, 1.165) is 81.0 Å². The molecule has 3 fully saturated rings. The molecular weight excluding hydrogens is 993 g/mol.